The van der Waals surface area contributed by atoms with E-state index < -0.39 is 0 Å². The Balaban J connectivity index is 1.36. The number of rotatable bonds is 2. The molecule has 0 N–H and O–H groups in total. The molecule has 1 saturated heterocycles. The number of imide groups is 1. The van der Waals surface area contributed by atoms with Gasteiger partial charge in [0.15, 0.2) is 0 Å². The number of thioether (sulfide) groups is 1. The lowest BCUT2D eigenvalue weighted by Gasteiger charge is -2.44. The molecule has 0 spiro atoms. The van der Waals surface area contributed by atoms with Crippen LogP contribution in [0.2, 0.25) is 0 Å². The van der Waals surface area contributed by atoms with Gasteiger partial charge < -0.3 is 4.90 Å². The van der Waals surface area contributed by atoms with Crippen molar-refractivity contribution in [2.24, 2.45) is 5.92 Å². The summed E-state index contributed by atoms with van der Waals surface area (Å²) >= 11 is 1.44. The van der Waals surface area contributed by atoms with Crippen LogP contribution in [-0.2, 0) is 14.4 Å². The van der Waals surface area contributed by atoms with Gasteiger partial charge in [-0.15, -0.1) is 11.8 Å². The first-order valence-electron chi connectivity index (χ1n) is 11.7. The minimum atomic E-state index is -0.274. The Morgan fingerprint density at radius 2 is 1.47 bits per heavy atom. The minimum Gasteiger partial charge on any atom is -0.335 e. The van der Waals surface area contributed by atoms with Gasteiger partial charge in [-0.3, -0.25) is 19.3 Å². The van der Waals surface area contributed by atoms with Gasteiger partial charge in [0.05, 0.1) is 10.2 Å². The summed E-state index contributed by atoms with van der Waals surface area (Å²) in [7, 11) is 0. The number of likely N-dealkylation sites (tertiary alicyclic amines) is 1. The number of piperidine rings is 1. The maximum atomic E-state index is 13.5. The third-order valence-electron chi connectivity index (χ3n) is 7.95. The SMILES string of the molecule is O=C1C2SC3=C4C(=CC=C(CN1C1CCCCC1)C42)C(=O)N(C1CCCCC1)C3=O. The molecule has 3 fully saturated rings. The smallest absolute Gasteiger partial charge is 0.267 e. The third kappa shape index (κ3) is 2.65. The molecular formula is C24H28N2O3S. The second-order valence-corrected chi connectivity index (χ2v) is 10.8. The number of carbonyl (C=O) groups is 3. The summed E-state index contributed by atoms with van der Waals surface area (Å²) in [5.74, 6) is -0.186. The van der Waals surface area contributed by atoms with E-state index in [0.717, 1.165) is 44.1 Å². The zero-order valence-electron chi connectivity index (χ0n) is 17.3. The first kappa shape index (κ1) is 18.9. The summed E-state index contributed by atoms with van der Waals surface area (Å²) in [5.41, 5.74) is 2.73. The largest absolute Gasteiger partial charge is 0.335 e. The van der Waals surface area contributed by atoms with Crippen LogP contribution in [0.15, 0.2) is 33.8 Å². The van der Waals surface area contributed by atoms with E-state index in [0.29, 0.717) is 23.1 Å². The molecule has 3 amide bonds. The Kier molecular flexibility index (Phi) is 4.48. The molecule has 3 aliphatic heterocycles. The van der Waals surface area contributed by atoms with E-state index in [9.17, 15) is 14.4 Å². The number of amides is 3. The molecule has 2 atom stereocenters. The van der Waals surface area contributed by atoms with Gasteiger partial charge in [0.25, 0.3) is 11.8 Å². The Hall–Kier alpha value is -1.82. The normalized spacial score (nSPS) is 32.5. The predicted molar refractivity (Wildman–Crippen MR) is 115 cm³/mol. The van der Waals surface area contributed by atoms with Crippen molar-refractivity contribution < 1.29 is 14.4 Å². The van der Waals surface area contributed by atoms with Gasteiger partial charge in [-0.25, -0.2) is 0 Å². The van der Waals surface area contributed by atoms with E-state index in [4.69, 9.17) is 0 Å². The van der Waals surface area contributed by atoms with Crippen LogP contribution >= 0.6 is 11.8 Å². The molecule has 0 aromatic heterocycles. The van der Waals surface area contributed by atoms with Crippen LogP contribution in [0, 0.1) is 5.92 Å². The fourth-order valence-electron chi connectivity index (χ4n) is 6.44. The lowest BCUT2D eigenvalue weighted by molar-refractivity contribution is -0.144. The summed E-state index contributed by atoms with van der Waals surface area (Å²) in [6.45, 7) is 0.653. The zero-order chi connectivity index (χ0) is 20.4. The predicted octanol–water partition coefficient (Wildman–Crippen LogP) is 3.71. The molecule has 158 valence electrons. The second kappa shape index (κ2) is 7.11. The molecule has 0 aromatic rings. The van der Waals surface area contributed by atoms with Crippen LogP contribution in [-0.4, -0.2) is 51.4 Å². The van der Waals surface area contributed by atoms with E-state index in [-0.39, 0.29) is 34.9 Å². The Bertz CT molecular complexity index is 921. The number of nitrogens with zero attached hydrogens (tertiary/aromatic N) is 2. The first-order valence-corrected chi connectivity index (χ1v) is 12.5. The maximum Gasteiger partial charge on any atom is 0.267 e. The minimum absolute atomic E-state index is 0.0109. The Morgan fingerprint density at radius 1 is 0.800 bits per heavy atom. The van der Waals surface area contributed by atoms with Crippen LogP contribution < -0.4 is 0 Å². The average Bonchev–Trinajstić information content (AvgIpc) is 3.19. The number of hydrogen-bond donors (Lipinski definition) is 0. The van der Waals surface area contributed by atoms with Crippen molar-refractivity contribution in [2.45, 2.75) is 81.5 Å². The average molecular weight is 425 g/mol. The summed E-state index contributed by atoms with van der Waals surface area (Å²) in [5, 5.41) is -0.274. The number of hydrogen-bond acceptors (Lipinski definition) is 4. The van der Waals surface area contributed by atoms with Crippen LogP contribution in [0.25, 0.3) is 0 Å². The van der Waals surface area contributed by atoms with Crippen molar-refractivity contribution in [3.05, 3.63) is 33.8 Å². The highest BCUT2D eigenvalue weighted by molar-refractivity contribution is 8.05. The molecular weight excluding hydrogens is 396 g/mol. The van der Waals surface area contributed by atoms with Crippen molar-refractivity contribution in [1.29, 1.82) is 0 Å². The van der Waals surface area contributed by atoms with Crippen LogP contribution in [0.5, 0.6) is 0 Å². The molecule has 6 aliphatic rings. The van der Waals surface area contributed by atoms with E-state index in [2.05, 4.69) is 11.0 Å². The van der Waals surface area contributed by atoms with Crippen molar-refractivity contribution >= 4 is 29.5 Å². The van der Waals surface area contributed by atoms with Crippen molar-refractivity contribution in [3.8, 4) is 0 Å². The second-order valence-electron chi connectivity index (χ2n) is 9.61. The summed E-state index contributed by atoms with van der Waals surface area (Å²) in [6, 6.07) is 0.338. The quantitative estimate of drug-likeness (QED) is 0.634. The lowest BCUT2D eigenvalue weighted by Crippen LogP contribution is -2.53. The molecule has 5 nitrogen and oxygen atoms in total. The van der Waals surface area contributed by atoms with E-state index in [1.54, 1.807) is 0 Å². The van der Waals surface area contributed by atoms with Gasteiger partial charge in [-0.1, -0.05) is 44.6 Å². The lowest BCUT2D eigenvalue weighted by atomic mass is 9.75. The first-order chi connectivity index (χ1) is 14.6. The zero-order valence-corrected chi connectivity index (χ0v) is 18.1. The Morgan fingerprint density at radius 3 is 2.17 bits per heavy atom. The molecule has 6 rings (SSSR count). The molecule has 6 heteroatoms. The molecule has 3 heterocycles. The highest BCUT2D eigenvalue weighted by atomic mass is 32.2. The summed E-state index contributed by atoms with van der Waals surface area (Å²) < 4.78 is 0. The van der Waals surface area contributed by atoms with Gasteiger partial charge in [-0.05, 0) is 42.9 Å². The van der Waals surface area contributed by atoms with Crippen LogP contribution in [0.4, 0.5) is 0 Å². The highest BCUT2D eigenvalue weighted by Gasteiger charge is 2.56. The molecule has 3 aliphatic carbocycles. The van der Waals surface area contributed by atoms with E-state index in [1.165, 1.54) is 47.9 Å². The standard InChI is InChI=1S/C24H28N2O3S/c27-22-17-12-11-14-13-25(15-7-3-1-4-8-15)23(28)20-18(14)19(17)21(30-20)24(29)26(22)16-9-5-2-6-10-16/h11-12,15-16,18,20H,1-10,13H2. The summed E-state index contributed by atoms with van der Waals surface area (Å²) in [6.07, 6.45) is 15.0. The van der Waals surface area contributed by atoms with Gasteiger partial charge in [-0.2, -0.15) is 0 Å². The summed E-state index contributed by atoms with van der Waals surface area (Å²) in [4.78, 5) is 44.7. The molecule has 30 heavy (non-hydrogen) atoms. The van der Waals surface area contributed by atoms with Crippen molar-refractivity contribution in [3.63, 3.8) is 0 Å². The monoisotopic (exact) mass is 424 g/mol. The molecule has 2 unspecified atom stereocenters. The van der Waals surface area contributed by atoms with Gasteiger partial charge in [0, 0.05) is 30.1 Å². The van der Waals surface area contributed by atoms with Gasteiger partial charge in [0.2, 0.25) is 5.91 Å². The maximum absolute atomic E-state index is 13.5. The van der Waals surface area contributed by atoms with Crippen molar-refractivity contribution in [1.82, 2.24) is 9.80 Å². The van der Waals surface area contributed by atoms with E-state index >= 15 is 0 Å². The molecule has 0 bridgehead atoms. The highest BCUT2D eigenvalue weighted by Crippen LogP contribution is 2.55. The van der Waals surface area contributed by atoms with Crippen LogP contribution in [0.3, 0.4) is 0 Å². The van der Waals surface area contributed by atoms with Gasteiger partial charge in [0.1, 0.15) is 0 Å². The topological polar surface area (TPSA) is 57.7 Å². The molecule has 0 aromatic carbocycles. The fourth-order valence-corrected chi connectivity index (χ4v) is 7.94. The molecule has 2 saturated carbocycles. The number of carbonyl (C=O) groups excluding carboxylic acids is 3. The van der Waals surface area contributed by atoms with Gasteiger partial charge >= 0.3 is 0 Å². The fraction of sp³-hybridized carbons (Fsp3) is 0.625. The van der Waals surface area contributed by atoms with Crippen molar-refractivity contribution in [2.75, 3.05) is 6.54 Å². The Labute approximate surface area is 181 Å². The number of allylic oxidation sites excluding steroid dienone is 2. The van der Waals surface area contributed by atoms with E-state index in [1.807, 2.05) is 6.08 Å². The van der Waals surface area contributed by atoms with Crippen LogP contribution in [0.1, 0.15) is 64.2 Å². The molecule has 0 radical (unpaired) electrons. The third-order valence-corrected chi connectivity index (χ3v) is 9.31.